The zero-order valence-electron chi connectivity index (χ0n) is 18.8. The first-order chi connectivity index (χ1) is 17.0. The largest absolute Gasteiger partial charge is 0.496 e. The van der Waals surface area contributed by atoms with E-state index in [9.17, 15) is 4.79 Å². The lowest BCUT2D eigenvalue weighted by molar-refractivity contribution is 0.412. The van der Waals surface area contributed by atoms with Gasteiger partial charge in [0.25, 0.3) is 5.56 Å². The van der Waals surface area contributed by atoms with Gasteiger partial charge in [-0.15, -0.1) is 0 Å². The Bertz CT molecular complexity index is 1700. The van der Waals surface area contributed by atoms with Crippen LogP contribution in [0.3, 0.4) is 0 Å². The Morgan fingerprint density at radius 3 is 2.71 bits per heavy atom. The molecule has 0 bridgehead atoms. The third-order valence-corrected chi connectivity index (χ3v) is 8.72. The molecule has 1 aromatic heterocycles. The second-order valence-corrected chi connectivity index (χ2v) is 11.1. The number of aromatic nitrogens is 1. The van der Waals surface area contributed by atoms with Crippen LogP contribution in [0.15, 0.2) is 82.1 Å². The van der Waals surface area contributed by atoms with Crippen molar-refractivity contribution >= 4 is 57.3 Å². The Kier molecular flexibility index (Phi) is 5.90. The summed E-state index contributed by atoms with van der Waals surface area (Å²) in [6, 6.07) is 21.9. The SMILES string of the molecule is COc1ccc(/C=c2/sc3n(c2=O)[C@@H](c2ccccc2Cl)C2=C(N=3)c3ccccc3CC2)cc1I. The summed E-state index contributed by atoms with van der Waals surface area (Å²) < 4.78 is 8.85. The summed E-state index contributed by atoms with van der Waals surface area (Å²) in [5, 5.41) is 0.657. The van der Waals surface area contributed by atoms with Crippen molar-refractivity contribution in [3.8, 4) is 5.75 Å². The van der Waals surface area contributed by atoms with Crippen molar-refractivity contribution in [2.45, 2.75) is 18.9 Å². The molecule has 3 aromatic carbocycles. The molecule has 0 fully saturated rings. The number of nitrogens with zero attached hydrogens (tertiary/aromatic N) is 2. The van der Waals surface area contributed by atoms with E-state index < -0.39 is 0 Å². The number of thiazole rings is 1. The molecule has 174 valence electrons. The van der Waals surface area contributed by atoms with E-state index in [1.807, 2.05) is 53.1 Å². The van der Waals surface area contributed by atoms with Crippen LogP contribution < -0.4 is 19.6 Å². The molecule has 0 saturated heterocycles. The lowest BCUT2D eigenvalue weighted by Crippen LogP contribution is -2.38. The minimum atomic E-state index is -0.276. The number of hydrogen-bond donors (Lipinski definition) is 0. The third kappa shape index (κ3) is 3.88. The van der Waals surface area contributed by atoms with Crippen LogP contribution in [-0.2, 0) is 6.42 Å². The summed E-state index contributed by atoms with van der Waals surface area (Å²) >= 11 is 10.4. The zero-order chi connectivity index (χ0) is 24.1. The molecule has 1 aliphatic carbocycles. The highest BCUT2D eigenvalue weighted by molar-refractivity contribution is 14.1. The van der Waals surface area contributed by atoms with Gasteiger partial charge in [-0.05, 0) is 82.0 Å². The molecular formula is C28H20ClIN2O2S. The van der Waals surface area contributed by atoms with E-state index in [4.69, 9.17) is 21.3 Å². The van der Waals surface area contributed by atoms with Gasteiger partial charge in [-0.3, -0.25) is 9.36 Å². The van der Waals surface area contributed by atoms with Gasteiger partial charge in [0.1, 0.15) is 5.75 Å². The molecule has 7 heteroatoms. The lowest BCUT2D eigenvalue weighted by atomic mass is 9.83. The molecule has 0 N–H and O–H groups in total. The molecule has 0 saturated carbocycles. The van der Waals surface area contributed by atoms with Gasteiger partial charge in [-0.1, -0.05) is 71.5 Å². The van der Waals surface area contributed by atoms with Crippen molar-refractivity contribution in [2.24, 2.45) is 4.99 Å². The molecule has 0 radical (unpaired) electrons. The maximum Gasteiger partial charge on any atom is 0.271 e. The number of hydrogen-bond acceptors (Lipinski definition) is 4. The number of ether oxygens (including phenoxy) is 1. The summed E-state index contributed by atoms with van der Waals surface area (Å²) in [6.07, 6.45) is 3.69. The van der Waals surface area contributed by atoms with E-state index in [0.29, 0.717) is 14.4 Å². The molecule has 0 spiro atoms. The minimum absolute atomic E-state index is 0.0464. The molecule has 0 amide bonds. The Morgan fingerprint density at radius 2 is 1.91 bits per heavy atom. The molecular weight excluding hydrogens is 591 g/mol. The molecule has 35 heavy (non-hydrogen) atoms. The average Bonchev–Trinajstić information content (AvgIpc) is 3.18. The Labute approximate surface area is 225 Å². The van der Waals surface area contributed by atoms with Crippen molar-refractivity contribution in [3.63, 3.8) is 0 Å². The molecule has 1 atom stereocenters. The highest BCUT2D eigenvalue weighted by Gasteiger charge is 2.33. The summed E-state index contributed by atoms with van der Waals surface area (Å²) in [5.41, 5.74) is 6.40. The van der Waals surface area contributed by atoms with Crippen LogP contribution in [0, 0.1) is 3.57 Å². The number of benzene rings is 3. The van der Waals surface area contributed by atoms with Crippen LogP contribution in [0.5, 0.6) is 5.75 Å². The molecule has 4 nitrogen and oxygen atoms in total. The second kappa shape index (κ2) is 9.08. The quantitative estimate of drug-likeness (QED) is 0.284. The van der Waals surface area contributed by atoms with Gasteiger partial charge in [0.05, 0.1) is 27.0 Å². The summed E-state index contributed by atoms with van der Waals surface area (Å²) in [4.78, 5) is 19.6. The fourth-order valence-corrected chi connectivity index (χ4v) is 6.92. The molecule has 4 aromatic rings. The van der Waals surface area contributed by atoms with Crippen LogP contribution in [0.4, 0.5) is 0 Å². The first-order valence-electron chi connectivity index (χ1n) is 11.3. The van der Waals surface area contributed by atoms with Crippen LogP contribution >= 0.6 is 45.5 Å². The predicted octanol–water partition coefficient (Wildman–Crippen LogP) is 5.59. The maximum absolute atomic E-state index is 13.8. The second-order valence-electron chi connectivity index (χ2n) is 8.53. The third-order valence-electron chi connectivity index (χ3n) is 6.55. The lowest BCUT2D eigenvalue weighted by Gasteiger charge is -2.31. The smallest absolute Gasteiger partial charge is 0.271 e. The monoisotopic (exact) mass is 610 g/mol. The first-order valence-corrected chi connectivity index (χ1v) is 13.5. The molecule has 0 unspecified atom stereocenters. The summed E-state index contributed by atoms with van der Waals surface area (Å²) in [6.45, 7) is 0. The topological polar surface area (TPSA) is 43.6 Å². The van der Waals surface area contributed by atoms with Crippen molar-refractivity contribution in [2.75, 3.05) is 7.11 Å². The van der Waals surface area contributed by atoms with E-state index >= 15 is 0 Å². The van der Waals surface area contributed by atoms with Gasteiger partial charge in [0.2, 0.25) is 0 Å². The molecule has 2 heterocycles. The van der Waals surface area contributed by atoms with E-state index in [0.717, 1.165) is 50.1 Å². The standard InChI is InChI=1S/C28H20ClIN2O2S/c1-34-23-13-10-16(14-22(23)30)15-24-27(33)32-26(19-8-4-5-9-21(19)29)20-12-11-17-6-2-3-7-18(17)25(20)31-28(32)35-24/h2-10,13-15,26H,11-12H2,1H3/b24-15+/t26-/m0/s1. The Hall–Kier alpha value is -2.68. The van der Waals surface area contributed by atoms with Crippen molar-refractivity contribution in [1.82, 2.24) is 4.57 Å². The van der Waals surface area contributed by atoms with Crippen molar-refractivity contribution in [3.05, 3.63) is 123 Å². The molecule has 1 aliphatic heterocycles. The fraction of sp³-hybridized carbons (Fsp3) is 0.143. The number of halogens is 2. The van der Waals surface area contributed by atoms with Crippen LogP contribution in [0.25, 0.3) is 11.8 Å². The summed E-state index contributed by atoms with van der Waals surface area (Å²) in [7, 11) is 1.66. The average molecular weight is 611 g/mol. The van der Waals surface area contributed by atoms with Gasteiger partial charge in [0, 0.05) is 10.6 Å². The van der Waals surface area contributed by atoms with Gasteiger partial charge in [-0.2, -0.15) is 0 Å². The molecule has 2 aliphatic rings. The van der Waals surface area contributed by atoms with Crippen LogP contribution in [0.1, 0.15) is 34.7 Å². The van der Waals surface area contributed by atoms with E-state index in [1.54, 1.807) is 7.11 Å². The zero-order valence-corrected chi connectivity index (χ0v) is 22.5. The number of rotatable bonds is 3. The van der Waals surface area contributed by atoms with Crippen LogP contribution in [0.2, 0.25) is 5.02 Å². The minimum Gasteiger partial charge on any atom is -0.496 e. The van der Waals surface area contributed by atoms with Gasteiger partial charge >= 0.3 is 0 Å². The summed E-state index contributed by atoms with van der Waals surface area (Å²) in [5.74, 6) is 0.814. The predicted molar refractivity (Wildman–Crippen MR) is 150 cm³/mol. The van der Waals surface area contributed by atoms with Gasteiger partial charge < -0.3 is 4.74 Å². The Morgan fingerprint density at radius 1 is 1.11 bits per heavy atom. The normalized spacial score (nSPS) is 16.9. The Balaban J connectivity index is 1.61. The van der Waals surface area contributed by atoms with Gasteiger partial charge in [-0.25, -0.2) is 4.99 Å². The van der Waals surface area contributed by atoms with E-state index in [2.05, 4.69) is 46.9 Å². The van der Waals surface area contributed by atoms with Crippen molar-refractivity contribution < 1.29 is 4.74 Å². The van der Waals surface area contributed by atoms with E-state index in [1.165, 1.54) is 16.9 Å². The van der Waals surface area contributed by atoms with Crippen molar-refractivity contribution in [1.29, 1.82) is 0 Å². The van der Waals surface area contributed by atoms with E-state index in [-0.39, 0.29) is 11.6 Å². The van der Waals surface area contributed by atoms with Crippen LogP contribution in [-0.4, -0.2) is 11.7 Å². The fourth-order valence-electron chi connectivity index (χ4n) is 4.92. The number of methoxy groups -OCH3 is 1. The number of aryl methyl sites for hydroxylation is 1. The molecule has 6 rings (SSSR count). The van der Waals surface area contributed by atoms with Gasteiger partial charge in [0.15, 0.2) is 4.80 Å². The maximum atomic E-state index is 13.8. The highest BCUT2D eigenvalue weighted by Crippen LogP contribution is 2.42. The highest BCUT2D eigenvalue weighted by atomic mass is 127. The number of fused-ring (bicyclic) bond motifs is 3. The first kappa shape index (κ1) is 22.8. The number of allylic oxidation sites excluding steroid dienone is 1.